The third-order valence-corrected chi connectivity index (χ3v) is 3.10. The molecule has 0 aliphatic rings. The molecule has 0 fully saturated rings. The molecule has 20 heavy (non-hydrogen) atoms. The van der Waals surface area contributed by atoms with E-state index in [1.807, 2.05) is 24.3 Å². The van der Waals surface area contributed by atoms with Gasteiger partial charge in [0.2, 0.25) is 0 Å². The normalized spacial score (nSPS) is 11.4. The predicted octanol–water partition coefficient (Wildman–Crippen LogP) is 3.29. The van der Waals surface area contributed by atoms with Gasteiger partial charge in [-0.1, -0.05) is 39.0 Å². The molecule has 3 N–H and O–H groups in total. The second-order valence-corrected chi connectivity index (χ2v) is 5.76. The van der Waals surface area contributed by atoms with E-state index < -0.39 is 0 Å². The largest absolute Gasteiger partial charge is 0.467 e. The Morgan fingerprint density at radius 2 is 2.00 bits per heavy atom. The molecule has 4 nitrogen and oxygen atoms in total. The number of nitrogens with one attached hydrogen (secondary N) is 1. The Labute approximate surface area is 119 Å². The summed E-state index contributed by atoms with van der Waals surface area (Å²) in [7, 11) is 0. The molecule has 0 atom stereocenters. The Kier molecular flexibility index (Phi) is 3.95. The Hall–Kier alpha value is -2.07. The lowest BCUT2D eigenvalue weighted by molar-refractivity contribution is 0.102. The van der Waals surface area contributed by atoms with Crippen LogP contribution in [0, 0.1) is 0 Å². The highest BCUT2D eigenvalue weighted by Gasteiger charge is 2.19. The Morgan fingerprint density at radius 3 is 2.60 bits per heavy atom. The van der Waals surface area contributed by atoms with Crippen LogP contribution in [0.2, 0.25) is 0 Å². The van der Waals surface area contributed by atoms with Crippen LogP contribution >= 0.6 is 0 Å². The van der Waals surface area contributed by atoms with Gasteiger partial charge in [0.25, 0.3) is 5.91 Å². The van der Waals surface area contributed by atoms with Crippen LogP contribution < -0.4 is 11.1 Å². The zero-order valence-corrected chi connectivity index (χ0v) is 12.1. The molecule has 4 heteroatoms. The summed E-state index contributed by atoms with van der Waals surface area (Å²) in [6.07, 6.45) is 1.43. The Bertz CT molecular complexity index is 609. The average Bonchev–Trinajstić information content (AvgIpc) is 2.87. The summed E-state index contributed by atoms with van der Waals surface area (Å²) in [5.74, 6) is 0.407. The molecule has 0 bridgehead atoms. The first-order valence-electron chi connectivity index (χ1n) is 6.60. The Morgan fingerprint density at radius 1 is 1.30 bits per heavy atom. The molecule has 0 aliphatic heterocycles. The zero-order valence-electron chi connectivity index (χ0n) is 12.1. The van der Waals surface area contributed by atoms with E-state index in [0.29, 0.717) is 11.3 Å². The summed E-state index contributed by atoms with van der Waals surface area (Å²) < 4.78 is 5.18. The number of carbonyl (C=O) groups is 1. The fraction of sp³-hybridized carbons (Fsp3) is 0.312. The molecule has 2 aromatic rings. The van der Waals surface area contributed by atoms with Crippen LogP contribution in [0.3, 0.4) is 0 Å². The number of anilines is 1. The number of rotatable bonds is 3. The van der Waals surface area contributed by atoms with Crippen LogP contribution in [-0.4, -0.2) is 5.91 Å². The summed E-state index contributed by atoms with van der Waals surface area (Å²) in [5.41, 5.74) is 7.83. The maximum atomic E-state index is 12.2. The quantitative estimate of drug-likeness (QED) is 0.900. The van der Waals surface area contributed by atoms with Crippen molar-refractivity contribution < 1.29 is 9.21 Å². The SMILES string of the molecule is CC(C)(C)c1ccccc1NC(=O)c1coc(CN)c1. The van der Waals surface area contributed by atoms with Crippen molar-refractivity contribution in [2.24, 2.45) is 5.73 Å². The molecule has 2 rings (SSSR count). The van der Waals surface area contributed by atoms with Gasteiger partial charge < -0.3 is 15.5 Å². The molecule has 0 aliphatic carbocycles. The first-order chi connectivity index (χ1) is 9.41. The van der Waals surface area contributed by atoms with Crippen molar-refractivity contribution >= 4 is 11.6 Å². The minimum absolute atomic E-state index is 0.0390. The fourth-order valence-corrected chi connectivity index (χ4v) is 2.05. The van der Waals surface area contributed by atoms with Crippen LogP contribution in [0.5, 0.6) is 0 Å². The highest BCUT2D eigenvalue weighted by atomic mass is 16.3. The number of nitrogens with two attached hydrogens (primary N) is 1. The maximum Gasteiger partial charge on any atom is 0.258 e. The minimum atomic E-state index is -0.190. The second-order valence-electron chi connectivity index (χ2n) is 5.76. The number of furan rings is 1. The standard InChI is InChI=1S/C16H20N2O2/c1-16(2,3)13-6-4-5-7-14(13)18-15(19)11-8-12(9-17)20-10-11/h4-8,10H,9,17H2,1-3H3,(H,18,19). The predicted molar refractivity (Wildman–Crippen MR) is 79.7 cm³/mol. The monoisotopic (exact) mass is 272 g/mol. The maximum absolute atomic E-state index is 12.2. The topological polar surface area (TPSA) is 68.3 Å². The summed E-state index contributed by atoms with van der Waals surface area (Å²) in [4.78, 5) is 12.2. The highest BCUT2D eigenvalue weighted by molar-refractivity contribution is 6.04. The van der Waals surface area contributed by atoms with E-state index in [1.165, 1.54) is 6.26 Å². The third-order valence-electron chi connectivity index (χ3n) is 3.10. The van der Waals surface area contributed by atoms with Gasteiger partial charge in [0.15, 0.2) is 0 Å². The molecule has 1 heterocycles. The van der Waals surface area contributed by atoms with E-state index in [2.05, 4.69) is 26.1 Å². The molecule has 106 valence electrons. The zero-order chi connectivity index (χ0) is 14.8. The lowest BCUT2D eigenvalue weighted by atomic mass is 9.86. The summed E-state index contributed by atoms with van der Waals surface area (Å²) in [6.45, 7) is 6.62. The van der Waals surface area contributed by atoms with Gasteiger partial charge in [-0.3, -0.25) is 4.79 Å². The molecule has 0 radical (unpaired) electrons. The smallest absolute Gasteiger partial charge is 0.258 e. The highest BCUT2D eigenvalue weighted by Crippen LogP contribution is 2.29. The molecule has 1 aromatic heterocycles. The van der Waals surface area contributed by atoms with E-state index in [0.717, 1.165) is 11.3 Å². The molecule has 0 unspecified atom stereocenters. The Balaban J connectivity index is 2.24. The van der Waals surface area contributed by atoms with Crippen LogP contribution in [-0.2, 0) is 12.0 Å². The van der Waals surface area contributed by atoms with Gasteiger partial charge in [0.1, 0.15) is 12.0 Å². The van der Waals surface area contributed by atoms with Crippen molar-refractivity contribution in [1.82, 2.24) is 0 Å². The summed E-state index contributed by atoms with van der Waals surface area (Å²) >= 11 is 0. The lowest BCUT2D eigenvalue weighted by Gasteiger charge is -2.22. The van der Waals surface area contributed by atoms with Crippen molar-refractivity contribution in [3.05, 3.63) is 53.5 Å². The first kappa shape index (κ1) is 14.3. The van der Waals surface area contributed by atoms with E-state index in [1.54, 1.807) is 6.07 Å². The molecule has 1 amide bonds. The number of hydrogen-bond acceptors (Lipinski definition) is 3. The van der Waals surface area contributed by atoms with Crippen molar-refractivity contribution in [3.63, 3.8) is 0 Å². The third kappa shape index (κ3) is 3.08. The summed E-state index contributed by atoms with van der Waals surface area (Å²) in [5, 5.41) is 2.93. The number of carbonyl (C=O) groups excluding carboxylic acids is 1. The first-order valence-corrected chi connectivity index (χ1v) is 6.60. The van der Waals surface area contributed by atoms with Gasteiger partial charge in [-0.2, -0.15) is 0 Å². The van der Waals surface area contributed by atoms with Crippen molar-refractivity contribution in [3.8, 4) is 0 Å². The van der Waals surface area contributed by atoms with Crippen LogP contribution in [0.15, 0.2) is 41.0 Å². The van der Waals surface area contributed by atoms with Gasteiger partial charge in [0, 0.05) is 5.69 Å². The number of benzene rings is 1. The number of hydrogen-bond donors (Lipinski definition) is 2. The molecular formula is C16H20N2O2. The summed E-state index contributed by atoms with van der Waals surface area (Å²) in [6, 6.07) is 9.47. The second kappa shape index (κ2) is 5.51. The van der Waals surface area contributed by atoms with Crippen LogP contribution in [0.1, 0.15) is 42.5 Å². The minimum Gasteiger partial charge on any atom is -0.467 e. The fourth-order valence-electron chi connectivity index (χ4n) is 2.05. The van der Waals surface area contributed by atoms with Gasteiger partial charge in [-0.25, -0.2) is 0 Å². The average molecular weight is 272 g/mol. The van der Waals surface area contributed by atoms with E-state index in [4.69, 9.17) is 10.2 Å². The molecule has 0 spiro atoms. The molecule has 0 saturated carbocycles. The van der Waals surface area contributed by atoms with Gasteiger partial charge in [-0.15, -0.1) is 0 Å². The van der Waals surface area contributed by atoms with E-state index >= 15 is 0 Å². The van der Waals surface area contributed by atoms with Gasteiger partial charge in [0.05, 0.1) is 12.1 Å². The van der Waals surface area contributed by atoms with E-state index in [9.17, 15) is 4.79 Å². The lowest BCUT2D eigenvalue weighted by Crippen LogP contribution is -2.18. The number of amides is 1. The van der Waals surface area contributed by atoms with Crippen molar-refractivity contribution in [2.45, 2.75) is 32.7 Å². The van der Waals surface area contributed by atoms with E-state index in [-0.39, 0.29) is 17.9 Å². The van der Waals surface area contributed by atoms with Crippen LogP contribution in [0.4, 0.5) is 5.69 Å². The van der Waals surface area contributed by atoms with Gasteiger partial charge >= 0.3 is 0 Å². The molecular weight excluding hydrogens is 252 g/mol. The number of para-hydroxylation sites is 1. The van der Waals surface area contributed by atoms with Crippen LogP contribution in [0.25, 0.3) is 0 Å². The van der Waals surface area contributed by atoms with Crippen molar-refractivity contribution in [2.75, 3.05) is 5.32 Å². The van der Waals surface area contributed by atoms with Gasteiger partial charge in [-0.05, 0) is 23.1 Å². The molecule has 0 saturated heterocycles. The van der Waals surface area contributed by atoms with Crippen molar-refractivity contribution in [1.29, 1.82) is 0 Å². The molecule has 1 aromatic carbocycles.